The number of nitrogens with zero attached hydrogens (tertiary/aromatic N) is 2. The highest BCUT2D eigenvalue weighted by Crippen LogP contribution is 2.20. The standard InChI is InChI=1S/C18H21ClN2O/c1-22-18-4-2-3-15(13-18)14-20-9-11-21(12-10-20)17-7-5-16(19)6-8-17/h2-8,13H,9-12,14H2,1H3. The molecule has 0 aliphatic carbocycles. The fourth-order valence-electron chi connectivity index (χ4n) is 2.85. The maximum atomic E-state index is 5.95. The monoisotopic (exact) mass is 316 g/mol. The highest BCUT2D eigenvalue weighted by molar-refractivity contribution is 6.30. The van der Waals surface area contributed by atoms with Gasteiger partial charge in [-0.25, -0.2) is 0 Å². The number of halogens is 1. The molecule has 0 amide bonds. The molecule has 0 atom stereocenters. The quantitative estimate of drug-likeness (QED) is 0.856. The van der Waals surface area contributed by atoms with E-state index < -0.39 is 0 Å². The van der Waals surface area contributed by atoms with Crippen LogP contribution in [0.1, 0.15) is 5.56 Å². The summed E-state index contributed by atoms with van der Waals surface area (Å²) >= 11 is 5.95. The third kappa shape index (κ3) is 3.73. The summed E-state index contributed by atoms with van der Waals surface area (Å²) in [4.78, 5) is 4.90. The Morgan fingerprint density at radius 3 is 2.41 bits per heavy atom. The molecule has 1 aliphatic rings. The van der Waals surface area contributed by atoms with Crippen LogP contribution >= 0.6 is 11.6 Å². The molecule has 1 heterocycles. The van der Waals surface area contributed by atoms with Crippen LogP contribution in [0.2, 0.25) is 5.02 Å². The van der Waals surface area contributed by atoms with Gasteiger partial charge < -0.3 is 9.64 Å². The van der Waals surface area contributed by atoms with Gasteiger partial charge in [-0.15, -0.1) is 0 Å². The van der Waals surface area contributed by atoms with Crippen LogP contribution in [0.15, 0.2) is 48.5 Å². The van der Waals surface area contributed by atoms with Gasteiger partial charge in [-0.3, -0.25) is 4.90 Å². The first kappa shape index (κ1) is 15.2. The van der Waals surface area contributed by atoms with Crippen LogP contribution < -0.4 is 9.64 Å². The molecule has 1 aliphatic heterocycles. The summed E-state index contributed by atoms with van der Waals surface area (Å²) in [6.45, 7) is 5.21. The van der Waals surface area contributed by atoms with E-state index in [9.17, 15) is 0 Å². The molecular formula is C18H21ClN2O. The highest BCUT2D eigenvalue weighted by atomic mass is 35.5. The number of benzene rings is 2. The van der Waals surface area contributed by atoms with E-state index in [0.29, 0.717) is 0 Å². The first-order chi connectivity index (χ1) is 10.7. The number of hydrogen-bond donors (Lipinski definition) is 0. The van der Waals surface area contributed by atoms with Gasteiger partial charge in [0, 0.05) is 43.4 Å². The van der Waals surface area contributed by atoms with Crippen molar-refractivity contribution in [1.29, 1.82) is 0 Å². The predicted molar refractivity (Wildman–Crippen MR) is 91.9 cm³/mol. The van der Waals surface area contributed by atoms with Gasteiger partial charge in [-0.1, -0.05) is 23.7 Å². The van der Waals surface area contributed by atoms with Crippen molar-refractivity contribution in [1.82, 2.24) is 4.90 Å². The van der Waals surface area contributed by atoms with E-state index in [2.05, 4.69) is 40.1 Å². The molecule has 22 heavy (non-hydrogen) atoms. The molecule has 1 fully saturated rings. The number of methoxy groups -OCH3 is 1. The molecule has 1 saturated heterocycles. The van der Waals surface area contributed by atoms with E-state index in [-0.39, 0.29) is 0 Å². The van der Waals surface area contributed by atoms with Crippen molar-refractivity contribution >= 4 is 17.3 Å². The Morgan fingerprint density at radius 1 is 1.00 bits per heavy atom. The van der Waals surface area contributed by atoms with Crippen LogP contribution in [-0.4, -0.2) is 38.2 Å². The van der Waals surface area contributed by atoms with Crippen LogP contribution in [0.5, 0.6) is 5.75 Å². The molecule has 0 N–H and O–H groups in total. The van der Waals surface area contributed by atoms with Crippen LogP contribution in [-0.2, 0) is 6.54 Å². The predicted octanol–water partition coefficient (Wildman–Crippen LogP) is 3.67. The molecule has 116 valence electrons. The molecule has 0 saturated carbocycles. The van der Waals surface area contributed by atoms with E-state index in [1.54, 1.807) is 7.11 Å². The Morgan fingerprint density at radius 2 is 1.73 bits per heavy atom. The van der Waals surface area contributed by atoms with Gasteiger partial charge in [0.05, 0.1) is 7.11 Å². The second kappa shape index (κ2) is 7.03. The van der Waals surface area contributed by atoms with Crippen LogP contribution in [0.25, 0.3) is 0 Å². The molecule has 2 aromatic rings. The van der Waals surface area contributed by atoms with Crippen molar-refractivity contribution in [2.75, 3.05) is 38.2 Å². The van der Waals surface area contributed by atoms with E-state index in [4.69, 9.17) is 16.3 Å². The van der Waals surface area contributed by atoms with E-state index in [1.165, 1.54) is 11.3 Å². The average molecular weight is 317 g/mol. The summed E-state index contributed by atoms with van der Waals surface area (Å²) in [7, 11) is 1.71. The van der Waals surface area contributed by atoms with Crippen molar-refractivity contribution < 1.29 is 4.74 Å². The zero-order valence-electron chi connectivity index (χ0n) is 12.8. The maximum absolute atomic E-state index is 5.95. The second-order valence-corrected chi connectivity index (χ2v) is 6.03. The van der Waals surface area contributed by atoms with Crippen molar-refractivity contribution in [2.24, 2.45) is 0 Å². The zero-order valence-corrected chi connectivity index (χ0v) is 13.6. The van der Waals surface area contributed by atoms with E-state index >= 15 is 0 Å². The number of hydrogen-bond acceptors (Lipinski definition) is 3. The molecule has 0 radical (unpaired) electrons. The summed E-state index contributed by atoms with van der Waals surface area (Å²) in [5.74, 6) is 0.928. The molecule has 3 nitrogen and oxygen atoms in total. The van der Waals surface area contributed by atoms with Gasteiger partial charge in [0.1, 0.15) is 5.75 Å². The zero-order chi connectivity index (χ0) is 15.4. The first-order valence-corrected chi connectivity index (χ1v) is 7.98. The highest BCUT2D eigenvalue weighted by Gasteiger charge is 2.17. The minimum absolute atomic E-state index is 0.792. The molecule has 0 spiro atoms. The van der Waals surface area contributed by atoms with Crippen LogP contribution in [0, 0.1) is 0 Å². The van der Waals surface area contributed by atoms with Gasteiger partial charge in [0.25, 0.3) is 0 Å². The van der Waals surface area contributed by atoms with Crippen LogP contribution in [0.3, 0.4) is 0 Å². The Bertz CT molecular complexity index is 607. The number of piperazine rings is 1. The maximum Gasteiger partial charge on any atom is 0.119 e. The van der Waals surface area contributed by atoms with Gasteiger partial charge in [-0.05, 0) is 42.0 Å². The number of ether oxygens (including phenoxy) is 1. The average Bonchev–Trinajstić information content (AvgIpc) is 2.57. The molecule has 0 bridgehead atoms. The van der Waals surface area contributed by atoms with Gasteiger partial charge in [-0.2, -0.15) is 0 Å². The molecule has 2 aromatic carbocycles. The molecule has 0 aromatic heterocycles. The SMILES string of the molecule is COc1cccc(CN2CCN(c3ccc(Cl)cc3)CC2)c1. The summed E-state index contributed by atoms with van der Waals surface area (Å²) in [5.41, 5.74) is 2.56. The van der Waals surface area contributed by atoms with Crippen molar-refractivity contribution in [3.63, 3.8) is 0 Å². The summed E-state index contributed by atoms with van der Waals surface area (Å²) < 4.78 is 5.29. The fourth-order valence-corrected chi connectivity index (χ4v) is 2.97. The number of rotatable bonds is 4. The normalized spacial score (nSPS) is 15.8. The molecular weight excluding hydrogens is 296 g/mol. The topological polar surface area (TPSA) is 15.7 Å². The minimum Gasteiger partial charge on any atom is -0.497 e. The lowest BCUT2D eigenvalue weighted by Gasteiger charge is -2.36. The first-order valence-electron chi connectivity index (χ1n) is 7.60. The van der Waals surface area contributed by atoms with Crippen molar-refractivity contribution in [3.05, 3.63) is 59.1 Å². The Balaban J connectivity index is 1.56. The Kier molecular flexibility index (Phi) is 4.86. The van der Waals surface area contributed by atoms with Gasteiger partial charge >= 0.3 is 0 Å². The van der Waals surface area contributed by atoms with Crippen molar-refractivity contribution in [3.8, 4) is 5.75 Å². The Hall–Kier alpha value is -1.71. The summed E-state index contributed by atoms with van der Waals surface area (Å²) in [6.07, 6.45) is 0. The minimum atomic E-state index is 0.792. The lowest BCUT2D eigenvalue weighted by molar-refractivity contribution is 0.249. The molecule has 3 rings (SSSR count). The lowest BCUT2D eigenvalue weighted by atomic mass is 10.2. The smallest absolute Gasteiger partial charge is 0.119 e. The fraction of sp³-hybridized carbons (Fsp3) is 0.333. The largest absolute Gasteiger partial charge is 0.497 e. The third-order valence-electron chi connectivity index (χ3n) is 4.10. The lowest BCUT2D eigenvalue weighted by Crippen LogP contribution is -2.45. The van der Waals surface area contributed by atoms with E-state index in [1.807, 2.05) is 18.2 Å². The second-order valence-electron chi connectivity index (χ2n) is 5.59. The summed E-state index contributed by atoms with van der Waals surface area (Å²) in [5, 5.41) is 0.792. The molecule has 4 heteroatoms. The van der Waals surface area contributed by atoms with Crippen LogP contribution in [0.4, 0.5) is 5.69 Å². The van der Waals surface area contributed by atoms with Crippen molar-refractivity contribution in [2.45, 2.75) is 6.54 Å². The summed E-state index contributed by atoms with van der Waals surface area (Å²) in [6, 6.07) is 16.4. The third-order valence-corrected chi connectivity index (χ3v) is 4.36. The number of anilines is 1. The van der Waals surface area contributed by atoms with E-state index in [0.717, 1.165) is 43.5 Å². The molecule has 0 unspecified atom stereocenters. The Labute approximate surface area is 137 Å². The van der Waals surface area contributed by atoms with Gasteiger partial charge in [0.2, 0.25) is 0 Å². The van der Waals surface area contributed by atoms with Gasteiger partial charge in [0.15, 0.2) is 0 Å².